The lowest BCUT2D eigenvalue weighted by atomic mass is 9.95. The zero-order chi connectivity index (χ0) is 14.8. The Morgan fingerprint density at radius 3 is 2.80 bits per heavy atom. The highest BCUT2D eigenvalue weighted by atomic mass is 19.4. The quantitative estimate of drug-likeness (QED) is 0.926. The molecule has 1 aliphatic heterocycles. The van der Waals surface area contributed by atoms with Crippen LogP contribution in [0, 0.1) is 0 Å². The highest BCUT2D eigenvalue weighted by Crippen LogP contribution is 2.36. The van der Waals surface area contributed by atoms with E-state index in [-0.39, 0.29) is 12.5 Å². The highest BCUT2D eigenvalue weighted by Gasteiger charge is 2.43. The van der Waals surface area contributed by atoms with E-state index in [4.69, 9.17) is 4.74 Å². The first kappa shape index (κ1) is 15.2. The molecule has 1 aliphatic rings. The number of nitrogens with one attached hydrogen (secondary N) is 1. The number of halogens is 3. The number of aromatic nitrogens is 2. The largest absolute Gasteiger partial charge is 0.493 e. The Morgan fingerprint density at radius 1 is 1.45 bits per heavy atom. The minimum absolute atomic E-state index is 0.129. The van der Waals surface area contributed by atoms with Crippen LogP contribution in [0.25, 0.3) is 0 Å². The smallest absolute Gasteiger partial charge is 0.403 e. The van der Waals surface area contributed by atoms with Crippen LogP contribution >= 0.6 is 0 Å². The van der Waals surface area contributed by atoms with Crippen molar-refractivity contribution in [1.82, 2.24) is 15.1 Å². The average Bonchev–Trinajstić information content (AvgIpc) is 2.81. The number of alkyl halides is 3. The molecule has 1 saturated heterocycles. The van der Waals surface area contributed by atoms with Crippen molar-refractivity contribution in [2.75, 3.05) is 7.11 Å². The fraction of sp³-hybridized carbons (Fsp3) is 0.769. The fourth-order valence-electron chi connectivity index (χ4n) is 2.69. The van der Waals surface area contributed by atoms with Crippen molar-refractivity contribution in [1.29, 1.82) is 0 Å². The molecule has 0 bridgehead atoms. The van der Waals surface area contributed by atoms with Gasteiger partial charge in [-0.25, -0.2) is 0 Å². The monoisotopic (exact) mass is 291 g/mol. The Bertz CT molecular complexity index is 445. The highest BCUT2D eigenvalue weighted by molar-refractivity contribution is 5.29. The third-order valence-corrected chi connectivity index (χ3v) is 3.61. The molecule has 7 heteroatoms. The Labute approximate surface area is 116 Å². The summed E-state index contributed by atoms with van der Waals surface area (Å²) in [5, 5.41) is 6.91. The van der Waals surface area contributed by atoms with Gasteiger partial charge in [0, 0.05) is 6.54 Å². The topological polar surface area (TPSA) is 39.1 Å². The third kappa shape index (κ3) is 3.08. The van der Waals surface area contributed by atoms with Crippen molar-refractivity contribution in [2.45, 2.75) is 57.4 Å². The van der Waals surface area contributed by atoms with Crippen LogP contribution in [0.15, 0.2) is 6.20 Å². The van der Waals surface area contributed by atoms with Gasteiger partial charge in [-0.15, -0.1) is 0 Å². The first-order valence-corrected chi connectivity index (χ1v) is 6.89. The van der Waals surface area contributed by atoms with Crippen LogP contribution < -0.4 is 10.1 Å². The second-order valence-electron chi connectivity index (χ2n) is 5.07. The van der Waals surface area contributed by atoms with Crippen LogP contribution in [0.5, 0.6) is 5.75 Å². The molecule has 4 nitrogen and oxygen atoms in total. The molecule has 0 radical (unpaired) electrons. The Morgan fingerprint density at radius 2 is 2.20 bits per heavy atom. The van der Waals surface area contributed by atoms with Crippen LogP contribution in [0.2, 0.25) is 0 Å². The summed E-state index contributed by atoms with van der Waals surface area (Å²) < 4.78 is 45.6. The van der Waals surface area contributed by atoms with Gasteiger partial charge in [-0.05, 0) is 25.7 Å². The van der Waals surface area contributed by atoms with E-state index in [2.05, 4.69) is 10.4 Å². The number of rotatable bonds is 4. The van der Waals surface area contributed by atoms with Gasteiger partial charge in [-0.1, -0.05) is 6.92 Å². The van der Waals surface area contributed by atoms with E-state index < -0.39 is 12.2 Å². The lowest BCUT2D eigenvalue weighted by Gasteiger charge is -2.32. The lowest BCUT2D eigenvalue weighted by Crippen LogP contribution is -2.47. The van der Waals surface area contributed by atoms with E-state index in [1.54, 1.807) is 10.9 Å². The van der Waals surface area contributed by atoms with Crippen molar-refractivity contribution in [3.63, 3.8) is 0 Å². The molecule has 2 heterocycles. The first-order chi connectivity index (χ1) is 9.47. The molecule has 114 valence electrons. The van der Waals surface area contributed by atoms with Crippen LogP contribution in [0.1, 0.15) is 44.3 Å². The summed E-state index contributed by atoms with van der Waals surface area (Å²) in [6.07, 6.45) is -0.427. The van der Waals surface area contributed by atoms with Gasteiger partial charge in [0.1, 0.15) is 6.04 Å². The van der Waals surface area contributed by atoms with Gasteiger partial charge < -0.3 is 4.74 Å². The number of aryl methyl sites for hydroxylation is 1. The number of hydrogen-bond donors (Lipinski definition) is 1. The molecule has 0 aliphatic carbocycles. The van der Waals surface area contributed by atoms with Gasteiger partial charge >= 0.3 is 6.18 Å². The molecule has 1 aromatic rings. The SMILES string of the molecule is CCCn1ncc(OC)c1C1CCCC(C(F)(F)F)N1. The fourth-order valence-corrected chi connectivity index (χ4v) is 2.69. The summed E-state index contributed by atoms with van der Waals surface area (Å²) in [6.45, 7) is 2.68. The van der Waals surface area contributed by atoms with Crippen molar-refractivity contribution in [3.05, 3.63) is 11.9 Å². The minimum Gasteiger partial charge on any atom is -0.493 e. The summed E-state index contributed by atoms with van der Waals surface area (Å²) in [4.78, 5) is 0. The second-order valence-corrected chi connectivity index (χ2v) is 5.07. The van der Waals surface area contributed by atoms with Crippen molar-refractivity contribution in [3.8, 4) is 5.75 Å². The number of ether oxygens (including phenoxy) is 1. The zero-order valence-electron chi connectivity index (χ0n) is 11.7. The normalized spacial score (nSPS) is 23.9. The summed E-state index contributed by atoms with van der Waals surface area (Å²) >= 11 is 0. The number of piperidine rings is 1. The van der Waals surface area contributed by atoms with Crippen molar-refractivity contribution in [2.24, 2.45) is 0 Å². The lowest BCUT2D eigenvalue weighted by molar-refractivity contribution is -0.163. The minimum atomic E-state index is -4.21. The number of methoxy groups -OCH3 is 1. The molecule has 2 unspecified atom stereocenters. The maximum absolute atomic E-state index is 12.9. The van der Waals surface area contributed by atoms with Gasteiger partial charge in [0.25, 0.3) is 0 Å². The van der Waals surface area contributed by atoms with Crippen LogP contribution in [0.4, 0.5) is 13.2 Å². The zero-order valence-corrected chi connectivity index (χ0v) is 11.7. The van der Waals surface area contributed by atoms with Gasteiger partial charge in [-0.2, -0.15) is 18.3 Å². The Hall–Kier alpha value is -1.24. The van der Waals surface area contributed by atoms with E-state index in [1.165, 1.54) is 7.11 Å². The Balaban J connectivity index is 2.23. The van der Waals surface area contributed by atoms with Crippen LogP contribution in [-0.4, -0.2) is 29.1 Å². The van der Waals surface area contributed by atoms with Crippen molar-refractivity contribution >= 4 is 0 Å². The van der Waals surface area contributed by atoms with Gasteiger partial charge in [0.05, 0.1) is 25.0 Å². The van der Waals surface area contributed by atoms with Crippen LogP contribution in [0.3, 0.4) is 0 Å². The molecule has 0 spiro atoms. The van der Waals surface area contributed by atoms with E-state index >= 15 is 0 Å². The maximum Gasteiger partial charge on any atom is 0.403 e. The molecule has 0 saturated carbocycles. The summed E-state index contributed by atoms with van der Waals surface area (Å²) in [6, 6.07) is -1.81. The van der Waals surface area contributed by atoms with E-state index in [9.17, 15) is 13.2 Å². The molecule has 2 atom stereocenters. The van der Waals surface area contributed by atoms with E-state index in [1.807, 2.05) is 6.92 Å². The summed E-state index contributed by atoms with van der Waals surface area (Å²) in [5.74, 6) is 0.554. The average molecular weight is 291 g/mol. The summed E-state index contributed by atoms with van der Waals surface area (Å²) in [5.41, 5.74) is 0.725. The van der Waals surface area contributed by atoms with Gasteiger partial charge in [-0.3, -0.25) is 10.00 Å². The van der Waals surface area contributed by atoms with E-state index in [0.717, 1.165) is 12.1 Å². The number of nitrogens with zero attached hydrogens (tertiary/aromatic N) is 2. The molecule has 1 aromatic heterocycles. The molecular weight excluding hydrogens is 271 g/mol. The molecule has 1 N–H and O–H groups in total. The predicted molar refractivity (Wildman–Crippen MR) is 68.6 cm³/mol. The maximum atomic E-state index is 12.9. The number of hydrogen-bond acceptors (Lipinski definition) is 3. The standard InChI is InChI=1S/C13H20F3N3O/c1-3-7-19-12(10(20-2)8-17-19)9-5-4-6-11(18-9)13(14,15)16/h8-9,11,18H,3-7H2,1-2H3. The first-order valence-electron chi connectivity index (χ1n) is 6.89. The molecule has 20 heavy (non-hydrogen) atoms. The predicted octanol–water partition coefficient (Wildman–Crippen LogP) is 3.05. The molecule has 2 rings (SSSR count). The van der Waals surface area contributed by atoms with Gasteiger partial charge in [0.15, 0.2) is 5.75 Å². The van der Waals surface area contributed by atoms with Crippen molar-refractivity contribution < 1.29 is 17.9 Å². The van der Waals surface area contributed by atoms with Gasteiger partial charge in [0.2, 0.25) is 0 Å². The van der Waals surface area contributed by atoms with E-state index in [0.29, 0.717) is 25.1 Å². The molecule has 1 fully saturated rings. The molecular formula is C13H20F3N3O. The molecule has 0 amide bonds. The molecule has 0 aromatic carbocycles. The summed E-state index contributed by atoms with van der Waals surface area (Å²) in [7, 11) is 1.51. The Kier molecular flexibility index (Phi) is 4.57. The third-order valence-electron chi connectivity index (χ3n) is 3.61. The van der Waals surface area contributed by atoms with Crippen LogP contribution in [-0.2, 0) is 6.54 Å². The second kappa shape index (κ2) is 6.03.